The molecule has 1 aliphatic heterocycles. The molecule has 1 rings (SSSR count). The van der Waals surface area contributed by atoms with Gasteiger partial charge in [-0.25, -0.2) is 4.79 Å². The minimum atomic E-state index is -1.92. The number of carbonyl (C=O) groups is 4. The van der Waals surface area contributed by atoms with Crippen LogP contribution in [0.25, 0.3) is 0 Å². The van der Waals surface area contributed by atoms with Crippen LogP contribution in [0.15, 0.2) is 85.1 Å². The van der Waals surface area contributed by atoms with E-state index in [0.717, 1.165) is 116 Å². The Morgan fingerprint density at radius 2 is 0.778 bits per heavy atom. The van der Waals surface area contributed by atoms with Gasteiger partial charge < -0.3 is 39.0 Å². The van der Waals surface area contributed by atoms with Crippen LogP contribution in [-0.4, -0.2) is 89.2 Å². The zero-order chi connectivity index (χ0) is 58.9. The lowest BCUT2D eigenvalue weighted by Crippen LogP contribution is -2.61. The van der Waals surface area contributed by atoms with E-state index in [4.69, 9.17) is 23.7 Å². The summed E-state index contributed by atoms with van der Waals surface area (Å²) < 4.78 is 28.5. The molecule has 0 bridgehead atoms. The molecule has 0 amide bonds. The highest BCUT2D eigenvalue weighted by Crippen LogP contribution is 2.26. The molecule has 0 aromatic rings. The molecule has 81 heavy (non-hydrogen) atoms. The first kappa shape index (κ1) is 74.9. The van der Waals surface area contributed by atoms with Gasteiger partial charge in [0.05, 0.1) is 6.61 Å². The van der Waals surface area contributed by atoms with Crippen LogP contribution in [0.1, 0.15) is 278 Å². The Morgan fingerprint density at radius 1 is 0.420 bits per heavy atom. The second-order valence-electron chi connectivity index (χ2n) is 22.0. The van der Waals surface area contributed by atoms with Crippen molar-refractivity contribution in [3.05, 3.63) is 85.1 Å². The molecule has 0 aliphatic carbocycles. The maximum Gasteiger partial charge on any atom is 0.335 e. The third kappa shape index (κ3) is 46.0. The molecular formula is C69H116O12. The van der Waals surface area contributed by atoms with Gasteiger partial charge >= 0.3 is 23.9 Å². The van der Waals surface area contributed by atoms with E-state index in [1.807, 2.05) is 0 Å². The highest BCUT2D eigenvalue weighted by molar-refractivity contribution is 5.74. The quantitative estimate of drug-likeness (QED) is 0.0228. The summed E-state index contributed by atoms with van der Waals surface area (Å²) in [5, 5.41) is 31.5. The Labute approximate surface area is 492 Å². The SMILES string of the molecule is CC/C=C\C/C=C\C/C=C\CCCCCC(=O)OC1C(OCC(COC(=O)CCCCCCCC/C=C\C/C=C\C/C=C\CCCCC)OC(=O)CCCCCCCCCCC/C=C\CCCCCCCC)OC(C(=O)O)C(O)C1O. The molecule has 0 aromatic heterocycles. The summed E-state index contributed by atoms with van der Waals surface area (Å²) in [6, 6.07) is 0. The summed E-state index contributed by atoms with van der Waals surface area (Å²) in [7, 11) is 0. The number of unbranched alkanes of at least 4 members (excludes halogenated alkanes) is 27. The van der Waals surface area contributed by atoms with Gasteiger partial charge in [0.1, 0.15) is 18.8 Å². The van der Waals surface area contributed by atoms with Gasteiger partial charge in [0.25, 0.3) is 0 Å². The molecule has 1 heterocycles. The van der Waals surface area contributed by atoms with Crippen molar-refractivity contribution in [3.8, 4) is 0 Å². The number of aliphatic carboxylic acids is 1. The highest BCUT2D eigenvalue weighted by Gasteiger charge is 2.50. The molecule has 1 saturated heterocycles. The van der Waals surface area contributed by atoms with Crippen LogP contribution in [0.2, 0.25) is 0 Å². The monoisotopic (exact) mass is 1140 g/mol. The van der Waals surface area contributed by atoms with Gasteiger partial charge in [-0.1, -0.05) is 228 Å². The summed E-state index contributed by atoms with van der Waals surface area (Å²) >= 11 is 0. The van der Waals surface area contributed by atoms with Crippen LogP contribution in [0.3, 0.4) is 0 Å². The molecule has 0 saturated carbocycles. The number of ether oxygens (including phenoxy) is 5. The maximum absolute atomic E-state index is 13.2. The Kier molecular flexibility index (Phi) is 52.1. The number of hydrogen-bond donors (Lipinski definition) is 3. The number of carbonyl (C=O) groups excluding carboxylic acids is 3. The molecule has 3 N–H and O–H groups in total. The van der Waals surface area contributed by atoms with Crippen LogP contribution < -0.4 is 0 Å². The van der Waals surface area contributed by atoms with E-state index in [2.05, 4.69) is 106 Å². The molecule has 0 radical (unpaired) electrons. The van der Waals surface area contributed by atoms with Crippen LogP contribution in [0, 0.1) is 0 Å². The number of allylic oxidation sites excluding steroid dienone is 14. The van der Waals surface area contributed by atoms with Gasteiger partial charge in [0, 0.05) is 19.3 Å². The number of hydrogen-bond acceptors (Lipinski definition) is 11. The van der Waals surface area contributed by atoms with Gasteiger partial charge in [0.15, 0.2) is 24.6 Å². The van der Waals surface area contributed by atoms with E-state index in [9.17, 15) is 34.5 Å². The van der Waals surface area contributed by atoms with Crippen LogP contribution in [-0.2, 0) is 42.9 Å². The Morgan fingerprint density at radius 3 is 1.23 bits per heavy atom. The lowest BCUT2D eigenvalue weighted by Gasteiger charge is -2.40. The summed E-state index contributed by atoms with van der Waals surface area (Å²) in [5.74, 6) is -3.17. The molecular weight excluding hydrogens is 1020 g/mol. The van der Waals surface area contributed by atoms with Gasteiger partial charge in [-0.15, -0.1) is 0 Å². The highest BCUT2D eigenvalue weighted by atomic mass is 16.7. The molecule has 12 nitrogen and oxygen atoms in total. The Balaban J connectivity index is 2.67. The number of carboxylic acids is 1. The maximum atomic E-state index is 13.2. The normalized spacial score (nSPS) is 18.3. The topological polar surface area (TPSA) is 175 Å². The summed E-state index contributed by atoms with van der Waals surface area (Å²) in [6.07, 6.45) is 61.2. The molecule has 0 spiro atoms. The first-order valence-electron chi connectivity index (χ1n) is 32.6. The number of aliphatic hydroxyl groups excluding tert-OH is 2. The average Bonchev–Trinajstić information content (AvgIpc) is 3.54. The number of carboxylic acid groups (broad SMARTS) is 1. The summed E-state index contributed by atoms with van der Waals surface area (Å²) in [6.45, 7) is 5.84. The van der Waals surface area contributed by atoms with Crippen molar-refractivity contribution in [1.82, 2.24) is 0 Å². The van der Waals surface area contributed by atoms with Gasteiger partial charge in [-0.3, -0.25) is 14.4 Å². The van der Waals surface area contributed by atoms with Crippen molar-refractivity contribution >= 4 is 23.9 Å². The fourth-order valence-electron chi connectivity index (χ4n) is 9.44. The molecule has 1 fully saturated rings. The third-order valence-corrected chi connectivity index (χ3v) is 14.4. The van der Waals surface area contributed by atoms with E-state index in [0.29, 0.717) is 19.3 Å². The van der Waals surface area contributed by atoms with E-state index in [1.165, 1.54) is 103 Å². The van der Waals surface area contributed by atoms with Crippen LogP contribution >= 0.6 is 0 Å². The summed E-state index contributed by atoms with van der Waals surface area (Å²) in [5.41, 5.74) is 0. The summed E-state index contributed by atoms with van der Waals surface area (Å²) in [4.78, 5) is 51.3. The van der Waals surface area contributed by atoms with Crippen molar-refractivity contribution < 1.29 is 58.2 Å². The molecule has 6 atom stereocenters. The first-order valence-corrected chi connectivity index (χ1v) is 32.6. The minimum absolute atomic E-state index is 0.0215. The second kappa shape index (κ2) is 56.4. The van der Waals surface area contributed by atoms with E-state index in [1.54, 1.807) is 0 Å². The zero-order valence-electron chi connectivity index (χ0n) is 51.3. The van der Waals surface area contributed by atoms with E-state index >= 15 is 0 Å². The van der Waals surface area contributed by atoms with E-state index in [-0.39, 0.29) is 25.9 Å². The zero-order valence-corrected chi connectivity index (χ0v) is 51.3. The van der Waals surface area contributed by atoms with Crippen molar-refractivity contribution in [2.45, 2.75) is 314 Å². The largest absolute Gasteiger partial charge is 0.479 e. The van der Waals surface area contributed by atoms with Crippen molar-refractivity contribution in [2.75, 3.05) is 13.2 Å². The fraction of sp³-hybridized carbons (Fsp3) is 0.739. The third-order valence-electron chi connectivity index (χ3n) is 14.4. The lowest BCUT2D eigenvalue weighted by atomic mass is 9.98. The lowest BCUT2D eigenvalue weighted by molar-refractivity contribution is -0.301. The molecule has 1 aliphatic rings. The van der Waals surface area contributed by atoms with Gasteiger partial charge in [0.2, 0.25) is 0 Å². The smallest absolute Gasteiger partial charge is 0.335 e. The molecule has 464 valence electrons. The van der Waals surface area contributed by atoms with Crippen LogP contribution in [0.4, 0.5) is 0 Å². The number of aliphatic hydroxyl groups is 2. The Bertz CT molecular complexity index is 1730. The average molecular weight is 1140 g/mol. The predicted octanol–water partition coefficient (Wildman–Crippen LogP) is 17.5. The Hall–Kier alpha value is -4.10. The standard InChI is InChI=1S/C69H116O12/c1-4-7-10-13-16-19-22-25-27-29-31-33-35-38-40-43-46-49-52-55-61(70)77-58-60(79-62(71)56-53-50-47-44-42-39-36-34-32-30-28-26-23-20-17-14-11-8-5-2)59-78-69-67(65(74)64(73)66(81-69)68(75)76)80-63(72)57-54-51-48-45-41-37-24-21-18-15-12-9-6-3/h9,12,16,18-19,21,25-28,31,33,37,41,60,64-67,69,73-74H,4-8,10-11,13-15,17,20,22-24,29-30,32,34-36,38-40,42-59H2,1-3H3,(H,75,76)/b12-9-,19-16-,21-18-,27-25-,28-26-,33-31-,41-37-. The van der Waals surface area contributed by atoms with Crippen molar-refractivity contribution in [1.29, 1.82) is 0 Å². The first-order chi connectivity index (χ1) is 39.6. The number of rotatable bonds is 55. The number of esters is 3. The van der Waals surface area contributed by atoms with Gasteiger partial charge in [-0.05, 0) is 116 Å². The van der Waals surface area contributed by atoms with Gasteiger partial charge in [-0.2, -0.15) is 0 Å². The predicted molar refractivity (Wildman–Crippen MR) is 331 cm³/mol. The second-order valence-corrected chi connectivity index (χ2v) is 22.0. The minimum Gasteiger partial charge on any atom is -0.479 e. The van der Waals surface area contributed by atoms with Crippen LogP contribution in [0.5, 0.6) is 0 Å². The fourth-order valence-corrected chi connectivity index (χ4v) is 9.44. The van der Waals surface area contributed by atoms with Crippen molar-refractivity contribution in [3.63, 3.8) is 0 Å². The molecule has 6 unspecified atom stereocenters. The molecule has 12 heteroatoms. The van der Waals surface area contributed by atoms with Crippen molar-refractivity contribution in [2.24, 2.45) is 0 Å². The molecule has 0 aromatic carbocycles. The van der Waals surface area contributed by atoms with E-state index < -0.39 is 67.3 Å².